The second-order valence-electron chi connectivity index (χ2n) is 9.03. The van der Waals surface area contributed by atoms with E-state index in [2.05, 4.69) is 26.2 Å². The molecule has 1 fully saturated rings. The van der Waals surface area contributed by atoms with E-state index >= 15 is 0 Å². The summed E-state index contributed by atoms with van der Waals surface area (Å²) in [7, 11) is 3.46. The van der Waals surface area contributed by atoms with Crippen LogP contribution in [0.15, 0.2) is 47.2 Å². The van der Waals surface area contributed by atoms with E-state index in [1.54, 1.807) is 25.5 Å². The highest BCUT2D eigenvalue weighted by atomic mass is 35.5. The lowest BCUT2D eigenvalue weighted by Gasteiger charge is -2.31. The third-order valence-electron chi connectivity index (χ3n) is 6.60. The molecule has 5 rings (SSSR count). The van der Waals surface area contributed by atoms with Crippen LogP contribution >= 0.6 is 23.2 Å². The molecule has 196 valence electrons. The molecule has 2 aromatic carbocycles. The van der Waals surface area contributed by atoms with Gasteiger partial charge in [-0.25, -0.2) is 0 Å². The number of rotatable bonds is 7. The van der Waals surface area contributed by atoms with Crippen LogP contribution in [0.4, 0.5) is 11.4 Å². The fraction of sp³-hybridized carbons (Fsp3) is 0.286. The van der Waals surface area contributed by atoms with Gasteiger partial charge in [-0.15, -0.1) is 0 Å². The molecule has 0 bridgehead atoms. The highest BCUT2D eigenvalue weighted by Crippen LogP contribution is 2.41. The number of halogens is 2. The number of benzene rings is 2. The minimum Gasteiger partial charge on any atom is -0.496 e. The molecule has 1 saturated heterocycles. The van der Waals surface area contributed by atoms with E-state index in [9.17, 15) is 5.26 Å². The zero-order valence-corrected chi connectivity index (χ0v) is 22.6. The lowest BCUT2D eigenvalue weighted by Crippen LogP contribution is -2.43. The molecule has 0 spiro atoms. The number of hydrogen-bond acceptors (Lipinski definition) is 8. The van der Waals surface area contributed by atoms with Gasteiger partial charge < -0.3 is 24.1 Å². The summed E-state index contributed by atoms with van der Waals surface area (Å²) in [4.78, 5) is 9.02. The monoisotopic (exact) mass is 552 g/mol. The van der Waals surface area contributed by atoms with E-state index in [1.807, 2.05) is 18.2 Å². The van der Waals surface area contributed by atoms with Crippen LogP contribution in [0.1, 0.15) is 12.5 Å². The Labute approximate surface area is 232 Å². The van der Waals surface area contributed by atoms with Crippen LogP contribution in [-0.4, -0.2) is 62.2 Å². The van der Waals surface area contributed by atoms with Crippen LogP contribution in [0.2, 0.25) is 10.0 Å². The first kappa shape index (κ1) is 24.8. The molecule has 4 aromatic rings. The Morgan fingerprint density at radius 2 is 1.87 bits per heavy atom. The SMILES string of the molecule is [2H]CN1CCN(Cc2coc(-c3cc4ncc(C#N)c(Nc5cc(OC)c(Cl)cc5Cl)c4cc3OC)c2)CC1. The normalized spacial score (nSPS) is 14.8. The molecule has 8 nitrogen and oxygen atoms in total. The number of fused-ring (bicyclic) bond motifs is 1. The number of nitrogens with one attached hydrogen (secondary N) is 1. The van der Waals surface area contributed by atoms with Gasteiger partial charge in [-0.2, -0.15) is 5.26 Å². The van der Waals surface area contributed by atoms with E-state index in [0.717, 1.165) is 43.9 Å². The lowest BCUT2D eigenvalue weighted by atomic mass is 10.0. The quantitative estimate of drug-likeness (QED) is 0.290. The summed E-state index contributed by atoms with van der Waals surface area (Å²) in [5, 5.41) is 14.5. The summed E-state index contributed by atoms with van der Waals surface area (Å²) in [6.07, 6.45) is 3.29. The third kappa shape index (κ3) is 5.24. The highest BCUT2D eigenvalue weighted by Gasteiger charge is 2.20. The molecule has 1 N–H and O–H groups in total. The summed E-state index contributed by atoms with van der Waals surface area (Å²) in [6, 6.07) is 11.2. The molecule has 0 saturated carbocycles. The van der Waals surface area contributed by atoms with Crippen molar-refractivity contribution in [3.8, 4) is 28.9 Å². The van der Waals surface area contributed by atoms with E-state index in [0.29, 0.717) is 62.2 Å². The average molecular weight is 553 g/mol. The van der Waals surface area contributed by atoms with E-state index in [-0.39, 0.29) is 0 Å². The molecule has 0 aliphatic carbocycles. The van der Waals surface area contributed by atoms with Crippen LogP contribution in [0.25, 0.3) is 22.2 Å². The summed E-state index contributed by atoms with van der Waals surface area (Å²) in [5.41, 5.74) is 3.87. The average Bonchev–Trinajstić information content (AvgIpc) is 3.42. The van der Waals surface area contributed by atoms with Crippen LogP contribution in [0.5, 0.6) is 11.5 Å². The number of ether oxygens (including phenoxy) is 2. The van der Waals surface area contributed by atoms with Gasteiger partial charge >= 0.3 is 0 Å². The maximum absolute atomic E-state index is 9.82. The molecule has 0 atom stereocenters. The summed E-state index contributed by atoms with van der Waals surface area (Å²) < 4.78 is 24.6. The first-order valence-corrected chi connectivity index (χ1v) is 12.7. The maximum atomic E-state index is 9.82. The molecule has 0 amide bonds. The van der Waals surface area contributed by atoms with Crippen molar-refractivity contribution in [3.05, 3.63) is 64.0 Å². The van der Waals surface area contributed by atoms with E-state index in [4.69, 9.17) is 38.5 Å². The maximum Gasteiger partial charge on any atom is 0.139 e. The smallest absolute Gasteiger partial charge is 0.139 e. The minimum absolute atomic E-state index is 0.341. The molecule has 0 radical (unpaired) electrons. The molecular formula is C28H27Cl2N5O3. The molecule has 2 aromatic heterocycles. The van der Waals surface area contributed by atoms with Crippen molar-refractivity contribution in [2.24, 2.45) is 0 Å². The number of nitrogens with zero attached hydrogens (tertiary/aromatic N) is 4. The number of methoxy groups -OCH3 is 2. The van der Waals surface area contributed by atoms with Gasteiger partial charge in [0.25, 0.3) is 0 Å². The number of nitriles is 1. The Hall–Kier alpha value is -3.48. The second kappa shape index (κ2) is 11.1. The van der Waals surface area contributed by atoms with Gasteiger partial charge in [0.15, 0.2) is 0 Å². The number of likely N-dealkylation sites (N-methyl/N-ethyl adjacent to an activating group) is 1. The molecule has 1 aliphatic heterocycles. The van der Waals surface area contributed by atoms with Crippen molar-refractivity contribution in [2.75, 3.05) is 52.7 Å². The van der Waals surface area contributed by atoms with Crippen LogP contribution < -0.4 is 14.8 Å². The van der Waals surface area contributed by atoms with E-state index < -0.39 is 0 Å². The second-order valence-corrected chi connectivity index (χ2v) is 9.85. The number of hydrogen-bond donors (Lipinski definition) is 1. The topological polar surface area (TPSA) is 86.8 Å². The Morgan fingerprint density at radius 3 is 2.58 bits per heavy atom. The standard InChI is InChI=1S/C28H27Cl2N5O3/c1-34-4-6-35(7-5-34)15-17-8-26(38-16-17)20-9-23-19(10-25(20)36-2)28(18(13-31)14-32-23)33-24-12-27(37-3)22(30)11-21(24)29/h8-12,14,16H,4-7,15H2,1-3H3,(H,32,33)/i1D. The van der Waals surface area contributed by atoms with Crippen molar-refractivity contribution in [3.63, 3.8) is 0 Å². The predicted octanol–water partition coefficient (Wildman–Crippen LogP) is 6.18. The van der Waals surface area contributed by atoms with Crippen molar-refractivity contribution >= 4 is 45.5 Å². The molecular weight excluding hydrogens is 525 g/mol. The van der Waals surface area contributed by atoms with Gasteiger partial charge in [-0.3, -0.25) is 9.88 Å². The summed E-state index contributed by atoms with van der Waals surface area (Å²) in [6.45, 7) is 4.40. The van der Waals surface area contributed by atoms with Gasteiger partial charge in [-0.1, -0.05) is 23.2 Å². The van der Waals surface area contributed by atoms with Crippen molar-refractivity contribution < 1.29 is 15.3 Å². The Morgan fingerprint density at radius 1 is 1.08 bits per heavy atom. The number of anilines is 2. The zero-order chi connectivity index (χ0) is 27.5. The Bertz CT molecular complexity index is 1550. The fourth-order valence-corrected chi connectivity index (χ4v) is 5.03. The number of piperazine rings is 1. The summed E-state index contributed by atoms with van der Waals surface area (Å²) >= 11 is 12.7. The van der Waals surface area contributed by atoms with Crippen LogP contribution in [0, 0.1) is 11.3 Å². The number of aromatic nitrogens is 1. The van der Waals surface area contributed by atoms with Crippen LogP contribution in [0.3, 0.4) is 0 Å². The molecule has 10 heteroatoms. The molecule has 38 heavy (non-hydrogen) atoms. The number of pyridine rings is 1. The van der Waals surface area contributed by atoms with E-state index in [1.165, 1.54) is 13.3 Å². The Balaban J connectivity index is 1.49. The van der Waals surface area contributed by atoms with Gasteiger partial charge in [0, 0.05) is 57.3 Å². The lowest BCUT2D eigenvalue weighted by molar-refractivity contribution is 0.148. The van der Waals surface area contributed by atoms with Crippen molar-refractivity contribution in [1.82, 2.24) is 14.8 Å². The first-order valence-electron chi connectivity index (χ1n) is 12.7. The summed E-state index contributed by atoms with van der Waals surface area (Å²) in [5.74, 6) is 1.69. The molecule has 3 heterocycles. The fourth-order valence-electron chi connectivity index (χ4n) is 4.52. The zero-order valence-electron chi connectivity index (χ0n) is 22.1. The van der Waals surface area contributed by atoms with Crippen molar-refractivity contribution in [1.29, 1.82) is 5.26 Å². The largest absolute Gasteiger partial charge is 0.496 e. The predicted molar refractivity (Wildman–Crippen MR) is 150 cm³/mol. The van der Waals surface area contributed by atoms with Gasteiger partial charge in [-0.05, 0) is 31.3 Å². The number of furan rings is 1. The van der Waals surface area contributed by atoms with Gasteiger partial charge in [0.05, 0.1) is 58.5 Å². The van der Waals surface area contributed by atoms with Crippen molar-refractivity contribution in [2.45, 2.75) is 6.54 Å². The molecule has 0 unspecified atom stereocenters. The minimum atomic E-state index is 0.341. The van der Waals surface area contributed by atoms with Gasteiger partial charge in [0.2, 0.25) is 0 Å². The molecule has 1 aliphatic rings. The Kier molecular flexibility index (Phi) is 7.25. The first-order chi connectivity index (χ1) is 18.9. The third-order valence-corrected chi connectivity index (χ3v) is 7.21. The highest BCUT2D eigenvalue weighted by molar-refractivity contribution is 6.37. The van der Waals surface area contributed by atoms with Crippen LogP contribution in [-0.2, 0) is 6.54 Å². The van der Waals surface area contributed by atoms with Gasteiger partial charge in [0.1, 0.15) is 23.3 Å².